The molecule has 0 unspecified atom stereocenters. The molecule has 1 aliphatic rings. The van der Waals surface area contributed by atoms with Crippen LogP contribution in [0.5, 0.6) is 0 Å². The van der Waals surface area contributed by atoms with Crippen LogP contribution in [0.15, 0.2) is 18.2 Å². The zero-order valence-corrected chi connectivity index (χ0v) is 12.6. The zero-order valence-electron chi connectivity index (χ0n) is 11.1. The summed E-state index contributed by atoms with van der Waals surface area (Å²) in [6, 6.07) is 4.07. The fraction of sp³-hybridized carbons (Fsp3) is 0.308. The lowest BCUT2D eigenvalue weighted by Gasteiger charge is -2.18. The first-order chi connectivity index (χ1) is 9.91. The third kappa shape index (κ3) is 3.28. The van der Waals surface area contributed by atoms with Crippen LogP contribution in [-0.4, -0.2) is 42.0 Å². The summed E-state index contributed by atoms with van der Waals surface area (Å²) in [4.78, 5) is 36.4. The number of halogens is 2. The largest absolute Gasteiger partial charge is 0.449 e. The van der Waals surface area contributed by atoms with E-state index < -0.39 is 24.0 Å². The second kappa shape index (κ2) is 6.32. The summed E-state index contributed by atoms with van der Waals surface area (Å²) in [5.74, 6) is -1.41. The van der Waals surface area contributed by atoms with E-state index in [2.05, 4.69) is 5.32 Å². The van der Waals surface area contributed by atoms with Crippen molar-refractivity contribution in [2.75, 3.05) is 13.1 Å². The van der Waals surface area contributed by atoms with Gasteiger partial charge >= 0.3 is 12.0 Å². The standard InChI is InChI=1S/C13H12Cl2N2O4/c1-7(11(18)17-6-5-16-13(17)20)21-12(19)10-8(14)3-2-4-9(10)15/h2-4,7H,5-6H2,1H3,(H,16,20)/t7-/m1/s1. The van der Waals surface area contributed by atoms with E-state index >= 15 is 0 Å². The van der Waals surface area contributed by atoms with Crippen molar-refractivity contribution in [3.63, 3.8) is 0 Å². The van der Waals surface area contributed by atoms with Crippen LogP contribution in [0.4, 0.5) is 4.79 Å². The Labute approximate surface area is 130 Å². The number of nitrogens with one attached hydrogen (secondary N) is 1. The molecule has 0 aromatic heterocycles. The van der Waals surface area contributed by atoms with Gasteiger partial charge in [-0.2, -0.15) is 0 Å². The summed E-state index contributed by atoms with van der Waals surface area (Å²) in [7, 11) is 0. The molecule has 1 N–H and O–H groups in total. The SMILES string of the molecule is C[C@@H](OC(=O)c1c(Cl)cccc1Cl)C(=O)N1CCNC1=O. The van der Waals surface area contributed by atoms with Crippen LogP contribution in [0.1, 0.15) is 17.3 Å². The number of hydrogen-bond acceptors (Lipinski definition) is 4. The van der Waals surface area contributed by atoms with Gasteiger partial charge in [-0.15, -0.1) is 0 Å². The molecule has 2 rings (SSSR count). The van der Waals surface area contributed by atoms with Crippen LogP contribution in [0.2, 0.25) is 10.0 Å². The summed E-state index contributed by atoms with van der Waals surface area (Å²) < 4.78 is 5.04. The molecular formula is C13H12Cl2N2O4. The van der Waals surface area contributed by atoms with Gasteiger partial charge in [-0.05, 0) is 19.1 Å². The maximum atomic E-state index is 12.0. The molecule has 1 fully saturated rings. The Bertz CT molecular complexity index is 586. The van der Waals surface area contributed by atoms with Crippen molar-refractivity contribution < 1.29 is 19.1 Å². The molecule has 0 spiro atoms. The molecule has 21 heavy (non-hydrogen) atoms. The Kier molecular flexibility index (Phi) is 4.69. The normalized spacial score (nSPS) is 15.6. The summed E-state index contributed by atoms with van der Waals surface area (Å²) in [5, 5.41) is 2.75. The Balaban J connectivity index is 2.09. The molecule has 0 radical (unpaired) electrons. The van der Waals surface area contributed by atoms with E-state index in [4.69, 9.17) is 27.9 Å². The molecule has 1 atom stereocenters. The highest BCUT2D eigenvalue weighted by atomic mass is 35.5. The summed E-state index contributed by atoms with van der Waals surface area (Å²) in [6.45, 7) is 2.00. The summed E-state index contributed by atoms with van der Waals surface area (Å²) in [6.07, 6.45) is -1.12. The van der Waals surface area contributed by atoms with Gasteiger partial charge in [0.1, 0.15) is 0 Å². The highest BCUT2D eigenvalue weighted by Crippen LogP contribution is 2.25. The van der Waals surface area contributed by atoms with Crippen LogP contribution >= 0.6 is 23.2 Å². The molecule has 0 saturated carbocycles. The van der Waals surface area contributed by atoms with Gasteiger partial charge in [0.15, 0.2) is 6.10 Å². The van der Waals surface area contributed by atoms with Crippen molar-refractivity contribution in [2.45, 2.75) is 13.0 Å². The minimum Gasteiger partial charge on any atom is -0.449 e. The van der Waals surface area contributed by atoms with Gasteiger partial charge in [0.2, 0.25) is 0 Å². The molecule has 112 valence electrons. The Hall–Kier alpha value is -1.79. The van der Waals surface area contributed by atoms with Crippen LogP contribution in [0.3, 0.4) is 0 Å². The third-order valence-corrected chi connectivity index (χ3v) is 3.55. The quantitative estimate of drug-likeness (QED) is 0.861. The van der Waals surface area contributed by atoms with Crippen molar-refractivity contribution in [1.29, 1.82) is 0 Å². The fourth-order valence-electron chi connectivity index (χ4n) is 1.86. The van der Waals surface area contributed by atoms with Gasteiger partial charge in [0.25, 0.3) is 5.91 Å². The molecule has 0 bridgehead atoms. The first kappa shape index (κ1) is 15.6. The fourth-order valence-corrected chi connectivity index (χ4v) is 2.42. The lowest BCUT2D eigenvalue weighted by atomic mass is 10.2. The lowest BCUT2D eigenvalue weighted by Crippen LogP contribution is -2.41. The van der Waals surface area contributed by atoms with Crippen molar-refractivity contribution in [3.8, 4) is 0 Å². The van der Waals surface area contributed by atoms with Gasteiger partial charge < -0.3 is 10.1 Å². The van der Waals surface area contributed by atoms with E-state index in [1.54, 1.807) is 6.07 Å². The van der Waals surface area contributed by atoms with Crippen molar-refractivity contribution in [1.82, 2.24) is 10.2 Å². The second-order valence-corrected chi connectivity index (χ2v) is 5.18. The predicted molar refractivity (Wildman–Crippen MR) is 76.5 cm³/mol. The molecule has 3 amide bonds. The molecule has 1 saturated heterocycles. The smallest absolute Gasteiger partial charge is 0.341 e. The number of carbonyl (C=O) groups is 3. The number of carbonyl (C=O) groups excluding carboxylic acids is 3. The third-order valence-electron chi connectivity index (χ3n) is 2.92. The maximum absolute atomic E-state index is 12.0. The summed E-state index contributed by atoms with van der Waals surface area (Å²) in [5.41, 5.74) is -0.00800. The lowest BCUT2D eigenvalue weighted by molar-refractivity contribution is -0.136. The highest BCUT2D eigenvalue weighted by molar-refractivity contribution is 6.39. The highest BCUT2D eigenvalue weighted by Gasteiger charge is 2.32. The van der Waals surface area contributed by atoms with E-state index in [0.717, 1.165) is 4.90 Å². The topological polar surface area (TPSA) is 75.7 Å². The van der Waals surface area contributed by atoms with Gasteiger partial charge in [-0.1, -0.05) is 29.3 Å². The van der Waals surface area contributed by atoms with Gasteiger partial charge in [-0.3, -0.25) is 9.69 Å². The van der Waals surface area contributed by atoms with Crippen LogP contribution < -0.4 is 5.32 Å². The molecule has 1 aromatic rings. The number of amides is 3. The Morgan fingerprint density at radius 3 is 2.48 bits per heavy atom. The number of imide groups is 1. The minimum atomic E-state index is -1.12. The van der Waals surface area contributed by atoms with E-state index in [-0.39, 0.29) is 22.2 Å². The van der Waals surface area contributed by atoms with Crippen LogP contribution in [0.25, 0.3) is 0 Å². The van der Waals surface area contributed by atoms with Crippen molar-refractivity contribution in [2.24, 2.45) is 0 Å². The number of nitrogens with zero attached hydrogens (tertiary/aromatic N) is 1. The number of benzene rings is 1. The molecular weight excluding hydrogens is 319 g/mol. The number of urea groups is 1. The second-order valence-electron chi connectivity index (χ2n) is 4.37. The molecule has 1 aromatic carbocycles. The molecule has 8 heteroatoms. The molecule has 1 aliphatic heterocycles. The molecule has 1 heterocycles. The van der Waals surface area contributed by atoms with E-state index in [1.807, 2.05) is 0 Å². The average molecular weight is 331 g/mol. The van der Waals surface area contributed by atoms with Gasteiger partial charge in [0, 0.05) is 13.1 Å². The van der Waals surface area contributed by atoms with Crippen molar-refractivity contribution in [3.05, 3.63) is 33.8 Å². The maximum Gasteiger partial charge on any atom is 0.341 e. The zero-order chi connectivity index (χ0) is 15.6. The number of hydrogen-bond donors (Lipinski definition) is 1. The van der Waals surface area contributed by atoms with Gasteiger partial charge in [-0.25, -0.2) is 9.59 Å². The van der Waals surface area contributed by atoms with Crippen LogP contribution in [-0.2, 0) is 9.53 Å². The van der Waals surface area contributed by atoms with E-state index in [1.165, 1.54) is 19.1 Å². The first-order valence-corrected chi connectivity index (χ1v) is 6.91. The predicted octanol–water partition coefficient (Wildman–Crippen LogP) is 2.09. The minimum absolute atomic E-state index is 0.00800. The Morgan fingerprint density at radius 2 is 1.95 bits per heavy atom. The van der Waals surface area contributed by atoms with Crippen molar-refractivity contribution >= 4 is 41.1 Å². The molecule has 0 aliphatic carbocycles. The van der Waals surface area contributed by atoms with Crippen LogP contribution in [0, 0.1) is 0 Å². The number of esters is 1. The molecule has 6 nitrogen and oxygen atoms in total. The van der Waals surface area contributed by atoms with E-state index in [0.29, 0.717) is 6.54 Å². The average Bonchev–Trinajstić information content (AvgIpc) is 2.83. The Morgan fingerprint density at radius 1 is 1.33 bits per heavy atom. The first-order valence-electron chi connectivity index (χ1n) is 6.16. The number of ether oxygens (including phenoxy) is 1. The number of rotatable bonds is 3. The monoisotopic (exact) mass is 330 g/mol. The summed E-state index contributed by atoms with van der Waals surface area (Å²) >= 11 is 11.8. The van der Waals surface area contributed by atoms with E-state index in [9.17, 15) is 14.4 Å². The van der Waals surface area contributed by atoms with Gasteiger partial charge in [0.05, 0.1) is 15.6 Å².